The third-order valence-electron chi connectivity index (χ3n) is 5.06. The maximum absolute atomic E-state index is 5.57. The van der Waals surface area contributed by atoms with Crippen molar-refractivity contribution in [3.05, 3.63) is 10.5 Å². The Morgan fingerprint density at radius 3 is 2.60 bits per heavy atom. The summed E-state index contributed by atoms with van der Waals surface area (Å²) in [4.78, 5) is 3.38. The van der Waals surface area contributed by atoms with E-state index in [0.29, 0.717) is 5.41 Å². The summed E-state index contributed by atoms with van der Waals surface area (Å²) in [5, 5.41) is 4.61. The first kappa shape index (κ1) is 13.9. The van der Waals surface area contributed by atoms with Crippen molar-refractivity contribution >= 4 is 23.4 Å². The zero-order valence-electron chi connectivity index (χ0n) is 12.7. The minimum Gasteiger partial charge on any atom is -0.328 e. The van der Waals surface area contributed by atoms with E-state index in [2.05, 4.69) is 28.5 Å². The predicted octanol–water partition coefficient (Wildman–Crippen LogP) is 3.97. The van der Waals surface area contributed by atoms with E-state index in [-0.39, 0.29) is 0 Å². The number of nitrogens with zero attached hydrogens (tertiary/aromatic N) is 3. The molecule has 20 heavy (non-hydrogen) atoms. The number of H-pyrrole nitrogens is 1. The number of aryl methyl sites for hydroxylation is 2. The molecule has 0 unspecified atom stereocenters. The summed E-state index contributed by atoms with van der Waals surface area (Å²) in [7, 11) is 2.02. The molecule has 1 fully saturated rings. The molecule has 0 saturated heterocycles. The van der Waals surface area contributed by atoms with E-state index < -0.39 is 0 Å². The Balaban J connectivity index is 2.09. The average molecular weight is 292 g/mol. The Bertz CT molecular complexity index is 670. The van der Waals surface area contributed by atoms with Gasteiger partial charge in [0.05, 0.1) is 5.69 Å². The molecule has 0 amide bonds. The Morgan fingerprint density at radius 1 is 1.30 bits per heavy atom. The lowest BCUT2D eigenvalue weighted by Gasteiger charge is -2.28. The molecular formula is C15H24N4S. The highest BCUT2D eigenvalue weighted by molar-refractivity contribution is 7.71. The van der Waals surface area contributed by atoms with Crippen molar-refractivity contribution in [2.75, 3.05) is 0 Å². The lowest BCUT2D eigenvalue weighted by molar-refractivity contribution is 0.238. The molecule has 2 aromatic rings. The van der Waals surface area contributed by atoms with Crippen LogP contribution in [0.4, 0.5) is 0 Å². The van der Waals surface area contributed by atoms with Gasteiger partial charge < -0.3 is 9.55 Å². The summed E-state index contributed by atoms with van der Waals surface area (Å²) in [5.41, 5.74) is 3.84. The van der Waals surface area contributed by atoms with Crippen molar-refractivity contribution in [3.63, 3.8) is 0 Å². The van der Waals surface area contributed by atoms with E-state index in [1.54, 1.807) is 0 Å². The fourth-order valence-corrected chi connectivity index (χ4v) is 4.01. The fourth-order valence-electron chi connectivity index (χ4n) is 3.76. The molecule has 1 aliphatic carbocycles. The number of hydrogen-bond acceptors (Lipinski definition) is 2. The molecule has 2 aromatic heterocycles. The quantitative estimate of drug-likeness (QED) is 0.866. The van der Waals surface area contributed by atoms with E-state index in [1.807, 2.05) is 11.7 Å². The lowest BCUT2D eigenvalue weighted by Crippen LogP contribution is -2.23. The number of fused-ring (bicyclic) bond motifs is 1. The fraction of sp³-hybridized carbons (Fsp3) is 0.733. The van der Waals surface area contributed by atoms with Crippen LogP contribution in [0.2, 0.25) is 0 Å². The van der Waals surface area contributed by atoms with Gasteiger partial charge in [-0.2, -0.15) is 5.10 Å². The third kappa shape index (κ3) is 2.03. The van der Waals surface area contributed by atoms with E-state index in [4.69, 9.17) is 12.2 Å². The van der Waals surface area contributed by atoms with Crippen LogP contribution in [-0.4, -0.2) is 19.3 Å². The first-order valence-electron chi connectivity index (χ1n) is 7.74. The Labute approximate surface area is 125 Å². The number of rotatable bonds is 4. The predicted molar refractivity (Wildman–Crippen MR) is 84.5 cm³/mol. The molecule has 1 saturated carbocycles. The second kappa shape index (κ2) is 5.02. The van der Waals surface area contributed by atoms with Crippen LogP contribution in [0.1, 0.15) is 51.6 Å². The van der Waals surface area contributed by atoms with Crippen LogP contribution in [0, 0.1) is 10.2 Å². The van der Waals surface area contributed by atoms with Gasteiger partial charge in [-0.15, -0.1) is 0 Å². The van der Waals surface area contributed by atoms with Crippen molar-refractivity contribution in [2.45, 2.75) is 58.9 Å². The van der Waals surface area contributed by atoms with Gasteiger partial charge >= 0.3 is 0 Å². The highest BCUT2D eigenvalue weighted by Gasteiger charge is 2.33. The molecule has 1 N–H and O–H groups in total. The maximum Gasteiger partial charge on any atom is 0.179 e. The smallest absolute Gasteiger partial charge is 0.179 e. The van der Waals surface area contributed by atoms with Crippen molar-refractivity contribution in [2.24, 2.45) is 12.5 Å². The van der Waals surface area contributed by atoms with Crippen molar-refractivity contribution < 1.29 is 0 Å². The number of imidazole rings is 1. The van der Waals surface area contributed by atoms with Gasteiger partial charge in [-0.25, -0.2) is 0 Å². The van der Waals surface area contributed by atoms with Gasteiger partial charge in [-0.1, -0.05) is 26.7 Å². The normalized spacial score (nSPS) is 18.1. The SMILES string of the molecule is CCc1nn(C)c2c1[nH]c(=S)n2CC1(CC)CCCC1. The van der Waals surface area contributed by atoms with Gasteiger partial charge in [-0.3, -0.25) is 4.68 Å². The van der Waals surface area contributed by atoms with E-state index in [0.717, 1.165) is 34.6 Å². The monoisotopic (exact) mass is 292 g/mol. The van der Waals surface area contributed by atoms with E-state index in [9.17, 15) is 0 Å². The topological polar surface area (TPSA) is 38.5 Å². The highest BCUT2D eigenvalue weighted by atomic mass is 32.1. The first-order chi connectivity index (χ1) is 9.60. The van der Waals surface area contributed by atoms with Crippen LogP contribution in [0.25, 0.3) is 11.2 Å². The third-order valence-corrected chi connectivity index (χ3v) is 5.39. The van der Waals surface area contributed by atoms with Crippen LogP contribution in [0.15, 0.2) is 0 Å². The molecule has 3 rings (SSSR count). The Morgan fingerprint density at radius 2 is 2.00 bits per heavy atom. The number of hydrogen-bond donors (Lipinski definition) is 1. The molecule has 4 nitrogen and oxygen atoms in total. The highest BCUT2D eigenvalue weighted by Crippen LogP contribution is 2.43. The van der Waals surface area contributed by atoms with Crippen molar-refractivity contribution in [1.82, 2.24) is 19.3 Å². The molecule has 0 aromatic carbocycles. The second-order valence-corrected chi connectivity index (χ2v) is 6.59. The number of aromatic nitrogens is 4. The standard InChI is InChI=1S/C15H24N4S/c1-4-11-12-13(18(3)17-11)19(14(20)16-12)10-15(5-2)8-6-7-9-15/h4-10H2,1-3H3,(H,16,20). The molecule has 110 valence electrons. The van der Waals surface area contributed by atoms with Gasteiger partial charge in [0, 0.05) is 13.6 Å². The van der Waals surface area contributed by atoms with E-state index >= 15 is 0 Å². The summed E-state index contributed by atoms with van der Waals surface area (Å²) >= 11 is 5.57. The maximum atomic E-state index is 5.57. The van der Waals surface area contributed by atoms with Crippen molar-refractivity contribution in [1.29, 1.82) is 0 Å². The van der Waals surface area contributed by atoms with Crippen LogP contribution in [0.5, 0.6) is 0 Å². The molecule has 0 spiro atoms. The molecule has 1 aliphatic rings. The van der Waals surface area contributed by atoms with Gasteiger partial charge in [0.15, 0.2) is 10.4 Å². The molecule has 0 aliphatic heterocycles. The largest absolute Gasteiger partial charge is 0.328 e. The molecule has 0 bridgehead atoms. The average Bonchev–Trinajstić information content (AvgIpc) is 3.10. The minimum atomic E-state index is 0.435. The zero-order chi connectivity index (χ0) is 14.3. The molecule has 0 radical (unpaired) electrons. The summed E-state index contributed by atoms with van der Waals surface area (Å²) in [6.07, 6.45) is 7.55. The van der Waals surface area contributed by atoms with Gasteiger partial charge in [-0.05, 0) is 43.3 Å². The Hall–Kier alpha value is -1.10. The minimum absolute atomic E-state index is 0.435. The summed E-state index contributed by atoms with van der Waals surface area (Å²) in [5.74, 6) is 0. The van der Waals surface area contributed by atoms with Crippen LogP contribution in [-0.2, 0) is 20.0 Å². The van der Waals surface area contributed by atoms with E-state index in [1.165, 1.54) is 32.1 Å². The number of aromatic amines is 1. The molecule has 5 heteroatoms. The van der Waals surface area contributed by atoms with Crippen LogP contribution < -0.4 is 0 Å². The van der Waals surface area contributed by atoms with Gasteiger partial charge in [0.25, 0.3) is 0 Å². The number of nitrogens with one attached hydrogen (secondary N) is 1. The first-order valence-corrected chi connectivity index (χ1v) is 8.15. The lowest BCUT2D eigenvalue weighted by atomic mass is 9.83. The summed E-state index contributed by atoms with van der Waals surface area (Å²) < 4.78 is 5.12. The molecule has 2 heterocycles. The van der Waals surface area contributed by atoms with Crippen molar-refractivity contribution in [3.8, 4) is 0 Å². The zero-order valence-corrected chi connectivity index (χ0v) is 13.5. The molecular weight excluding hydrogens is 268 g/mol. The van der Waals surface area contributed by atoms with Crippen LogP contribution in [0.3, 0.4) is 0 Å². The van der Waals surface area contributed by atoms with Gasteiger partial charge in [0.2, 0.25) is 0 Å². The van der Waals surface area contributed by atoms with Crippen LogP contribution >= 0.6 is 12.2 Å². The summed E-state index contributed by atoms with van der Waals surface area (Å²) in [6, 6.07) is 0. The molecule has 0 atom stereocenters. The second-order valence-electron chi connectivity index (χ2n) is 6.20. The van der Waals surface area contributed by atoms with Gasteiger partial charge in [0.1, 0.15) is 5.52 Å². The Kier molecular flexibility index (Phi) is 3.48. The summed E-state index contributed by atoms with van der Waals surface area (Å²) in [6.45, 7) is 5.49.